The Kier molecular flexibility index (Phi) is 4.26. The summed E-state index contributed by atoms with van der Waals surface area (Å²) in [5.74, 6) is 0.330. The number of nitrogens with zero attached hydrogens (tertiary/aromatic N) is 4. The molecule has 0 aliphatic heterocycles. The molecule has 0 saturated carbocycles. The first-order valence-electron chi connectivity index (χ1n) is 8.17. The lowest BCUT2D eigenvalue weighted by Gasteiger charge is -2.13. The Bertz CT molecular complexity index is 1150. The molecule has 2 aromatic heterocycles. The number of halogens is 3. The summed E-state index contributed by atoms with van der Waals surface area (Å²) < 4.78 is 40.9. The van der Waals surface area contributed by atoms with Crippen molar-refractivity contribution in [2.24, 2.45) is 0 Å². The van der Waals surface area contributed by atoms with E-state index in [9.17, 15) is 18.0 Å². The number of hydrogen-bond donors (Lipinski definition) is 1. The molecule has 140 valence electrons. The quantitative estimate of drug-likeness (QED) is 0.579. The SMILES string of the molecule is O=C(Nc1ccccc1C(F)(F)F)c1ccc(-c2nnc3ncccn23)cc1. The molecule has 0 unspecified atom stereocenters. The van der Waals surface area contributed by atoms with Gasteiger partial charge in [-0.15, -0.1) is 10.2 Å². The number of para-hydroxylation sites is 1. The van der Waals surface area contributed by atoms with Gasteiger partial charge in [0.1, 0.15) is 0 Å². The molecule has 0 spiro atoms. The molecule has 0 aliphatic carbocycles. The number of fused-ring (bicyclic) bond motifs is 1. The molecule has 1 N–H and O–H groups in total. The average molecular weight is 383 g/mol. The van der Waals surface area contributed by atoms with Crippen molar-refractivity contribution in [2.45, 2.75) is 6.18 Å². The number of anilines is 1. The highest BCUT2D eigenvalue weighted by molar-refractivity contribution is 6.04. The number of alkyl halides is 3. The molecular weight excluding hydrogens is 371 g/mol. The molecule has 0 bridgehead atoms. The molecular formula is C19H12F3N5O. The van der Waals surface area contributed by atoms with Gasteiger partial charge in [-0.2, -0.15) is 13.2 Å². The van der Waals surface area contributed by atoms with E-state index in [2.05, 4.69) is 20.5 Å². The van der Waals surface area contributed by atoms with Gasteiger partial charge in [-0.3, -0.25) is 9.20 Å². The molecule has 0 atom stereocenters. The highest BCUT2D eigenvalue weighted by Crippen LogP contribution is 2.34. The van der Waals surface area contributed by atoms with Crippen molar-refractivity contribution in [2.75, 3.05) is 5.32 Å². The first kappa shape index (κ1) is 17.7. The maximum Gasteiger partial charge on any atom is 0.418 e. The van der Waals surface area contributed by atoms with Crippen LogP contribution in [0.25, 0.3) is 17.2 Å². The molecule has 0 aliphatic rings. The Hall–Kier alpha value is -3.75. The third-order valence-corrected chi connectivity index (χ3v) is 4.07. The van der Waals surface area contributed by atoms with Gasteiger partial charge in [-0.25, -0.2) is 4.98 Å². The summed E-state index contributed by atoms with van der Waals surface area (Å²) in [6, 6.07) is 12.9. The van der Waals surface area contributed by atoms with Gasteiger partial charge in [0, 0.05) is 23.5 Å². The zero-order valence-corrected chi connectivity index (χ0v) is 14.2. The fourth-order valence-corrected chi connectivity index (χ4v) is 2.74. The van der Waals surface area contributed by atoms with Crippen LogP contribution in [-0.4, -0.2) is 25.5 Å². The van der Waals surface area contributed by atoms with Gasteiger partial charge in [-0.05, 0) is 30.3 Å². The van der Waals surface area contributed by atoms with Crippen LogP contribution in [0.15, 0.2) is 67.0 Å². The van der Waals surface area contributed by atoms with E-state index in [1.165, 1.54) is 30.3 Å². The topological polar surface area (TPSA) is 72.2 Å². The van der Waals surface area contributed by atoms with Crippen molar-refractivity contribution in [3.05, 3.63) is 78.1 Å². The Labute approximate surface area is 156 Å². The van der Waals surface area contributed by atoms with Gasteiger partial charge in [0.25, 0.3) is 11.7 Å². The number of carbonyl (C=O) groups excluding carboxylic acids is 1. The van der Waals surface area contributed by atoms with Crippen molar-refractivity contribution >= 4 is 17.4 Å². The largest absolute Gasteiger partial charge is 0.418 e. The minimum Gasteiger partial charge on any atom is -0.321 e. The van der Waals surface area contributed by atoms with Gasteiger partial charge in [0.05, 0.1) is 11.3 Å². The molecule has 0 radical (unpaired) electrons. The van der Waals surface area contributed by atoms with Gasteiger partial charge >= 0.3 is 6.18 Å². The van der Waals surface area contributed by atoms with Crippen LogP contribution in [0.1, 0.15) is 15.9 Å². The summed E-state index contributed by atoms with van der Waals surface area (Å²) in [6.45, 7) is 0. The Morgan fingerprint density at radius 1 is 0.964 bits per heavy atom. The third-order valence-electron chi connectivity index (χ3n) is 4.07. The molecule has 4 aromatic rings. The number of carbonyl (C=O) groups is 1. The minimum absolute atomic E-state index is 0.215. The molecule has 0 fully saturated rings. The molecule has 1 amide bonds. The van der Waals surface area contributed by atoms with Crippen LogP contribution in [0.5, 0.6) is 0 Å². The van der Waals surface area contributed by atoms with E-state index in [0.717, 1.165) is 6.07 Å². The summed E-state index contributed by atoms with van der Waals surface area (Å²) in [6.07, 6.45) is -1.21. The van der Waals surface area contributed by atoms with Crippen LogP contribution >= 0.6 is 0 Å². The Balaban J connectivity index is 1.59. The van der Waals surface area contributed by atoms with Crippen molar-refractivity contribution in [1.82, 2.24) is 19.6 Å². The van der Waals surface area contributed by atoms with Crippen molar-refractivity contribution in [1.29, 1.82) is 0 Å². The number of hydrogen-bond acceptors (Lipinski definition) is 4. The Morgan fingerprint density at radius 3 is 2.46 bits per heavy atom. The normalized spacial score (nSPS) is 11.5. The van der Waals surface area contributed by atoms with Gasteiger partial charge in [-0.1, -0.05) is 24.3 Å². The highest BCUT2D eigenvalue weighted by Gasteiger charge is 2.33. The molecule has 2 heterocycles. The van der Waals surface area contributed by atoms with E-state index in [4.69, 9.17) is 0 Å². The summed E-state index contributed by atoms with van der Waals surface area (Å²) >= 11 is 0. The van der Waals surface area contributed by atoms with Gasteiger partial charge < -0.3 is 5.32 Å². The standard InChI is InChI=1S/C19H12F3N5O/c20-19(21,22)14-4-1-2-5-15(14)24-17(28)13-8-6-12(7-9-13)16-25-26-18-23-10-3-11-27(16)18/h1-11H,(H,24,28). The lowest BCUT2D eigenvalue weighted by Crippen LogP contribution is -2.16. The van der Waals surface area contributed by atoms with Gasteiger partial charge in [0.2, 0.25) is 0 Å². The van der Waals surface area contributed by atoms with Crippen LogP contribution in [-0.2, 0) is 6.18 Å². The Morgan fingerprint density at radius 2 is 1.71 bits per heavy atom. The van der Waals surface area contributed by atoms with E-state index in [0.29, 0.717) is 17.2 Å². The molecule has 0 saturated heterocycles. The smallest absolute Gasteiger partial charge is 0.321 e. The second kappa shape index (κ2) is 6.76. The average Bonchev–Trinajstić information content (AvgIpc) is 3.12. The van der Waals surface area contributed by atoms with Crippen LogP contribution in [0.4, 0.5) is 18.9 Å². The van der Waals surface area contributed by atoms with E-state index in [1.807, 2.05) is 0 Å². The fourth-order valence-electron chi connectivity index (χ4n) is 2.74. The zero-order chi connectivity index (χ0) is 19.7. The summed E-state index contributed by atoms with van der Waals surface area (Å²) in [7, 11) is 0. The van der Waals surface area contributed by atoms with Crippen LogP contribution in [0.2, 0.25) is 0 Å². The number of amides is 1. The van der Waals surface area contributed by atoms with E-state index in [1.54, 1.807) is 35.0 Å². The summed E-state index contributed by atoms with van der Waals surface area (Å²) in [5, 5.41) is 10.3. The number of benzene rings is 2. The monoisotopic (exact) mass is 383 g/mol. The third kappa shape index (κ3) is 3.29. The summed E-state index contributed by atoms with van der Waals surface area (Å²) in [4.78, 5) is 16.5. The maximum absolute atomic E-state index is 13.1. The minimum atomic E-state index is -4.56. The van der Waals surface area contributed by atoms with Crippen molar-refractivity contribution < 1.29 is 18.0 Å². The zero-order valence-electron chi connectivity index (χ0n) is 14.2. The summed E-state index contributed by atoms with van der Waals surface area (Å²) in [5.41, 5.74) is -0.290. The molecule has 2 aromatic carbocycles. The molecule has 4 rings (SSSR count). The second-order valence-corrected chi connectivity index (χ2v) is 5.89. The van der Waals surface area contributed by atoms with E-state index < -0.39 is 17.6 Å². The van der Waals surface area contributed by atoms with Crippen molar-refractivity contribution in [3.8, 4) is 11.4 Å². The van der Waals surface area contributed by atoms with Crippen molar-refractivity contribution in [3.63, 3.8) is 0 Å². The fraction of sp³-hybridized carbons (Fsp3) is 0.0526. The second-order valence-electron chi connectivity index (χ2n) is 5.89. The predicted octanol–water partition coefficient (Wildman–Crippen LogP) is 4.06. The lowest BCUT2D eigenvalue weighted by atomic mass is 10.1. The maximum atomic E-state index is 13.1. The van der Waals surface area contributed by atoms with Crippen LogP contribution in [0, 0.1) is 0 Å². The van der Waals surface area contributed by atoms with Crippen LogP contribution < -0.4 is 5.32 Å². The first-order chi connectivity index (χ1) is 13.4. The number of aromatic nitrogens is 4. The highest BCUT2D eigenvalue weighted by atomic mass is 19.4. The number of nitrogens with one attached hydrogen (secondary N) is 1. The number of rotatable bonds is 3. The first-order valence-corrected chi connectivity index (χ1v) is 8.17. The van der Waals surface area contributed by atoms with E-state index >= 15 is 0 Å². The van der Waals surface area contributed by atoms with Gasteiger partial charge in [0.15, 0.2) is 5.82 Å². The molecule has 9 heteroatoms. The van der Waals surface area contributed by atoms with Crippen LogP contribution in [0.3, 0.4) is 0 Å². The predicted molar refractivity (Wildman–Crippen MR) is 95.6 cm³/mol. The lowest BCUT2D eigenvalue weighted by molar-refractivity contribution is -0.136. The molecule has 6 nitrogen and oxygen atoms in total. The van der Waals surface area contributed by atoms with E-state index in [-0.39, 0.29) is 11.3 Å². The molecule has 28 heavy (non-hydrogen) atoms.